The van der Waals surface area contributed by atoms with E-state index in [9.17, 15) is 19.2 Å². The van der Waals surface area contributed by atoms with Gasteiger partial charge < -0.3 is 49.3 Å². The minimum absolute atomic E-state index is 0.178. The van der Waals surface area contributed by atoms with Crippen LogP contribution >= 0.6 is 0 Å². The number of aryl methyl sites for hydroxylation is 10. The Bertz CT molecular complexity index is 7100. The van der Waals surface area contributed by atoms with Crippen molar-refractivity contribution in [3.8, 4) is 91.0 Å². The molecule has 0 atom stereocenters. The summed E-state index contributed by atoms with van der Waals surface area (Å²) in [6, 6.07) is 80.0. The van der Waals surface area contributed by atoms with Crippen LogP contribution in [-0.4, -0.2) is 72.6 Å². The molecule has 0 saturated carbocycles. The summed E-state index contributed by atoms with van der Waals surface area (Å²) in [6.45, 7) is 15.8. The number of nitrogens with zero attached hydrogens (tertiary/aromatic N) is 10. The van der Waals surface area contributed by atoms with Crippen LogP contribution in [0.5, 0.6) is 46.0 Å². The highest BCUT2D eigenvalue weighted by molar-refractivity contribution is 6.07. The van der Waals surface area contributed by atoms with Crippen LogP contribution in [0.25, 0.3) is 79.2 Å². The first-order chi connectivity index (χ1) is 65.1. The summed E-state index contributed by atoms with van der Waals surface area (Å²) in [4.78, 5) is 87.4. The van der Waals surface area contributed by atoms with Crippen LogP contribution in [-0.2, 0) is 26.9 Å². The van der Waals surface area contributed by atoms with Gasteiger partial charge in [0.25, 0.3) is 23.6 Å². The van der Waals surface area contributed by atoms with Gasteiger partial charge in [0.05, 0.1) is 44.9 Å². The molecule has 134 heavy (non-hydrogen) atoms. The minimum atomic E-state index is -0.189. The molecule has 2 aliphatic carbocycles. The van der Waals surface area contributed by atoms with Crippen molar-refractivity contribution >= 4 is 80.6 Å². The smallest absolute Gasteiger partial charge is 0.255 e. The molecule has 2 aliphatic rings. The Labute approximate surface area is 775 Å². The van der Waals surface area contributed by atoms with Crippen molar-refractivity contribution in [2.75, 3.05) is 21.3 Å². The molecule has 0 bridgehead atoms. The second-order valence-electron chi connectivity index (χ2n) is 32.9. The standard InChI is InChI=1S/2C28H24N4O2.2C28H23N3O2/c1-18-6-4-8-22(14-18)30-28(33)20-10-9-19(2)25(15-20)34-26-16-24(21-7-5-12-29-17-21)31-27-23(26)11-13-32(27)3;1-18-5-4-6-22(15-18)30-28(33)21-8-7-19(2)25(16-21)34-26-17-24(20-9-12-29-13-10-20)31-27-23(26)11-14-32(27)3;1-18-6-3-8-22(14-18)30-28(32)20-12-11-19(2)26(15-20)33-27-16-25(21-7-5-13-29-17-21)31-24-10-4-9-23(24)27;1-18-5-3-6-22(15-18)30-28(32)21-10-9-19(2)26(16-21)33-27-17-25(20-11-13-29-14-12-20)31-24-8-4-7-23(24)27/h2*4-17H,1-3H3,(H,30,33);3-9,11-17H,10H2,1-2H3,(H,30,32);3-7,9-17H,8H2,1-2H3,(H,30,32). The molecule has 8 aromatic carbocycles. The predicted octanol–water partition coefficient (Wildman–Crippen LogP) is 25.3. The number of aromatic nitrogens is 10. The molecule has 660 valence electrons. The Morgan fingerprint density at radius 1 is 0.291 bits per heavy atom. The zero-order chi connectivity index (χ0) is 92.9. The molecule has 0 saturated heterocycles. The van der Waals surface area contributed by atoms with Crippen molar-refractivity contribution in [1.29, 1.82) is 0 Å². The number of rotatable bonds is 20. The van der Waals surface area contributed by atoms with Crippen LogP contribution in [0.2, 0.25) is 0 Å². The fourth-order valence-corrected chi connectivity index (χ4v) is 15.4. The third-order valence-corrected chi connectivity index (χ3v) is 22.6. The maximum Gasteiger partial charge on any atom is 0.255 e. The summed E-state index contributed by atoms with van der Waals surface area (Å²) in [5.41, 5.74) is 25.7. The van der Waals surface area contributed by atoms with E-state index in [1.165, 1.54) is 0 Å². The summed E-state index contributed by atoms with van der Waals surface area (Å²) >= 11 is 0. The van der Waals surface area contributed by atoms with Gasteiger partial charge in [-0.2, -0.15) is 0 Å². The average Bonchev–Trinajstić information content (AvgIpc) is 1.50. The lowest BCUT2D eigenvalue weighted by molar-refractivity contribution is 0.101. The topological polar surface area (TPSA) is 266 Å². The predicted molar refractivity (Wildman–Crippen MR) is 530 cm³/mol. The molecule has 22 heteroatoms. The number of ether oxygens (including phenoxy) is 4. The van der Waals surface area contributed by atoms with Crippen LogP contribution in [0.1, 0.15) is 108 Å². The Balaban J connectivity index is 0.000000124. The molecule has 0 radical (unpaired) electrons. The number of nitrogens with one attached hydrogen (secondary N) is 4. The lowest BCUT2D eigenvalue weighted by Gasteiger charge is -2.15. The molecule has 4 amide bonds. The van der Waals surface area contributed by atoms with Crippen molar-refractivity contribution in [3.63, 3.8) is 0 Å². The van der Waals surface area contributed by atoms with Gasteiger partial charge in [-0.05, 0) is 258 Å². The Hall–Kier alpha value is -17.4. The number of pyridine rings is 8. The molecule has 22 nitrogen and oxygen atoms in total. The lowest BCUT2D eigenvalue weighted by Crippen LogP contribution is -2.12. The van der Waals surface area contributed by atoms with Crippen LogP contribution in [0, 0.1) is 55.4 Å². The van der Waals surface area contributed by atoms with Crippen molar-refractivity contribution in [3.05, 3.63) is 418 Å². The molecule has 20 rings (SSSR count). The van der Waals surface area contributed by atoms with Crippen molar-refractivity contribution < 1.29 is 38.1 Å². The number of anilines is 4. The van der Waals surface area contributed by atoms with Crippen LogP contribution in [0.3, 0.4) is 0 Å². The molecule has 10 aromatic heterocycles. The minimum Gasteiger partial charge on any atom is -0.456 e. The van der Waals surface area contributed by atoms with E-state index in [-0.39, 0.29) is 23.6 Å². The van der Waals surface area contributed by atoms with E-state index in [4.69, 9.17) is 38.9 Å². The van der Waals surface area contributed by atoms with Gasteiger partial charge in [0, 0.05) is 192 Å². The van der Waals surface area contributed by atoms with Crippen molar-refractivity contribution in [2.45, 2.75) is 68.2 Å². The highest BCUT2D eigenvalue weighted by Crippen LogP contribution is 2.42. The van der Waals surface area contributed by atoms with E-state index in [2.05, 4.69) is 53.4 Å². The second kappa shape index (κ2) is 40.1. The third kappa shape index (κ3) is 21.1. The monoisotopic (exact) mass is 1760 g/mol. The third-order valence-electron chi connectivity index (χ3n) is 22.6. The molecule has 0 spiro atoms. The van der Waals surface area contributed by atoms with Crippen LogP contribution in [0.4, 0.5) is 22.7 Å². The SMILES string of the molecule is Cc1cccc(NC(=O)c2ccc(C)c(Oc3cc(-c4cccnc4)nc4c3C=CC4)c2)c1.Cc1cccc(NC(=O)c2ccc(C)c(Oc3cc(-c4cccnc4)nc4c3ccn4C)c2)c1.Cc1cccc(NC(=O)c2ccc(C)c(Oc3cc(-c4ccncc4)nc4c3C=CC4)c2)c1.Cc1cccc(NC(=O)c2ccc(C)c(Oc3cc(-c4ccncc4)nc4c3ccn4C)c2)c1. The first kappa shape index (κ1) is 88.6. The highest BCUT2D eigenvalue weighted by atomic mass is 16.5. The van der Waals surface area contributed by atoms with E-state index in [0.717, 1.165) is 175 Å². The van der Waals surface area contributed by atoms with Gasteiger partial charge in [-0.1, -0.05) is 97.1 Å². The molecule has 18 aromatic rings. The fraction of sp³-hybridized carbons (Fsp3) is 0.107. The highest BCUT2D eigenvalue weighted by Gasteiger charge is 2.24. The van der Waals surface area contributed by atoms with Crippen molar-refractivity contribution in [2.24, 2.45) is 14.1 Å². The summed E-state index contributed by atoms with van der Waals surface area (Å²) in [5.74, 6) is 4.56. The largest absolute Gasteiger partial charge is 0.456 e. The Morgan fingerprint density at radius 2 is 0.597 bits per heavy atom. The number of carbonyl (C=O) groups is 4. The lowest BCUT2D eigenvalue weighted by atomic mass is 10.1. The number of benzene rings is 8. The van der Waals surface area contributed by atoms with E-state index in [0.29, 0.717) is 62.5 Å². The van der Waals surface area contributed by atoms with Gasteiger partial charge in [0.1, 0.15) is 57.3 Å². The molecule has 4 N–H and O–H groups in total. The molecule has 10 heterocycles. The molecular weight excluding hydrogens is 1670 g/mol. The molecule has 0 fully saturated rings. The van der Waals surface area contributed by atoms with E-state index >= 15 is 0 Å². The molecule has 0 unspecified atom stereocenters. The normalized spacial score (nSPS) is 11.4. The molecule has 0 aliphatic heterocycles. The zero-order valence-corrected chi connectivity index (χ0v) is 75.5. The summed E-state index contributed by atoms with van der Waals surface area (Å²) in [7, 11) is 3.91. The van der Waals surface area contributed by atoms with Gasteiger partial charge in [-0.3, -0.25) is 49.1 Å². The van der Waals surface area contributed by atoms with Gasteiger partial charge in [0.2, 0.25) is 0 Å². The maximum atomic E-state index is 12.9. The maximum absolute atomic E-state index is 12.9. The number of allylic oxidation sites excluding steroid dienone is 2. The summed E-state index contributed by atoms with van der Waals surface area (Å²) in [5, 5.41) is 13.6. The number of amides is 4. The van der Waals surface area contributed by atoms with Crippen LogP contribution in [0.15, 0.2) is 329 Å². The second-order valence-corrected chi connectivity index (χ2v) is 32.9. The number of hydrogen-bond donors (Lipinski definition) is 4. The van der Waals surface area contributed by atoms with Gasteiger partial charge in [0.15, 0.2) is 0 Å². The summed E-state index contributed by atoms with van der Waals surface area (Å²) < 4.78 is 29.5. The fourth-order valence-electron chi connectivity index (χ4n) is 15.4. The molecular formula is C112H94N14O8. The van der Waals surface area contributed by atoms with Crippen molar-refractivity contribution in [1.82, 2.24) is 49.0 Å². The summed E-state index contributed by atoms with van der Waals surface area (Å²) in [6.07, 6.45) is 27.7. The quantitative estimate of drug-likeness (QED) is 0.0552. The van der Waals surface area contributed by atoms with E-state index in [1.54, 1.807) is 86.0 Å². The zero-order valence-electron chi connectivity index (χ0n) is 75.5. The van der Waals surface area contributed by atoms with Crippen LogP contribution < -0.4 is 40.2 Å². The average molecular weight is 1760 g/mol. The number of hydrogen-bond acceptors (Lipinski definition) is 16. The number of fused-ring (bicyclic) bond motifs is 4. The Kier molecular flexibility index (Phi) is 26.5. The number of carbonyl (C=O) groups excluding carboxylic acids is 4. The van der Waals surface area contributed by atoms with E-state index in [1.807, 2.05) is 322 Å². The Morgan fingerprint density at radius 3 is 0.918 bits per heavy atom. The van der Waals surface area contributed by atoms with Gasteiger partial charge in [-0.15, -0.1) is 0 Å². The van der Waals surface area contributed by atoms with Gasteiger partial charge >= 0.3 is 0 Å². The van der Waals surface area contributed by atoms with E-state index < -0.39 is 0 Å². The first-order valence-electron chi connectivity index (χ1n) is 43.7. The first-order valence-corrected chi connectivity index (χ1v) is 43.7. The van der Waals surface area contributed by atoms with Gasteiger partial charge in [-0.25, -0.2) is 9.97 Å².